The number of nitro groups is 1. The number of hydrogen-bond donors (Lipinski definition) is 0. The first-order valence-electron chi connectivity index (χ1n) is 3.26. The highest BCUT2D eigenvalue weighted by Gasteiger charge is 2.12. The predicted octanol–water partition coefficient (Wildman–Crippen LogP) is 2.23. The maximum absolute atomic E-state index is 12.0. The van der Waals surface area contributed by atoms with Crippen molar-refractivity contribution in [2.75, 3.05) is 0 Å². The fraction of sp³-hybridized carbons (Fsp3) is 0. The van der Waals surface area contributed by atoms with Gasteiger partial charge in [0.15, 0.2) is 6.33 Å². The lowest BCUT2D eigenvalue weighted by atomic mass is 10.2. The summed E-state index contributed by atoms with van der Waals surface area (Å²) >= 11 is 0. The van der Waals surface area contributed by atoms with E-state index in [9.17, 15) is 14.5 Å². The number of halogens is 1. The summed E-state index contributed by atoms with van der Waals surface area (Å²) in [7, 11) is 0. The smallest absolute Gasteiger partial charge is 0.258 e. The zero-order chi connectivity index (χ0) is 8.97. The molecule has 3 nitrogen and oxygen atoms in total. The molecule has 0 unspecified atom stereocenters. The average Bonchev–Trinajstić information content (AvgIpc) is 2.07. The zero-order valence-electron chi connectivity index (χ0n) is 6.11. The van der Waals surface area contributed by atoms with Crippen LogP contribution in [-0.4, -0.2) is 4.92 Å². The van der Waals surface area contributed by atoms with Gasteiger partial charge in [0, 0.05) is 0 Å². The van der Waals surface area contributed by atoms with E-state index in [-0.39, 0.29) is 11.9 Å². The Kier molecular flexibility index (Phi) is 2.53. The lowest BCUT2D eigenvalue weighted by Crippen LogP contribution is -1.96. The van der Waals surface area contributed by atoms with Gasteiger partial charge in [0.1, 0.15) is 0 Å². The van der Waals surface area contributed by atoms with Crippen LogP contribution >= 0.6 is 0 Å². The first kappa shape index (κ1) is 8.39. The molecule has 1 aromatic rings. The van der Waals surface area contributed by atoms with Crippen LogP contribution in [0.15, 0.2) is 36.7 Å². The number of nitrogens with zero attached hydrogens (tertiary/aromatic N) is 1. The third-order valence-corrected chi connectivity index (χ3v) is 1.37. The Morgan fingerprint density at radius 1 is 1.42 bits per heavy atom. The zero-order valence-corrected chi connectivity index (χ0v) is 6.11. The van der Waals surface area contributed by atoms with Gasteiger partial charge >= 0.3 is 5.70 Å². The molecule has 0 aliphatic rings. The number of rotatable bonds is 2. The molecular formula is C8H6FNO2. The summed E-state index contributed by atoms with van der Waals surface area (Å²) in [6, 6.07) is 7.90. The van der Waals surface area contributed by atoms with Gasteiger partial charge in [-0.15, -0.1) is 0 Å². The summed E-state index contributed by atoms with van der Waals surface area (Å²) in [5, 5.41) is 10.2. The topological polar surface area (TPSA) is 43.1 Å². The molecule has 1 aromatic carbocycles. The summed E-state index contributed by atoms with van der Waals surface area (Å²) in [6.07, 6.45) is -0.00463. The maximum Gasteiger partial charge on any atom is 0.304 e. The van der Waals surface area contributed by atoms with Crippen molar-refractivity contribution in [3.8, 4) is 0 Å². The standard InChI is InChI=1S/C8H6FNO2/c9-6-8(10(11)12)7-4-2-1-3-5-7/h1-6H. The highest BCUT2D eigenvalue weighted by Crippen LogP contribution is 2.13. The quantitative estimate of drug-likeness (QED) is 0.500. The minimum atomic E-state index is -0.755. The second-order valence-corrected chi connectivity index (χ2v) is 2.12. The van der Waals surface area contributed by atoms with Gasteiger partial charge in [-0.3, -0.25) is 10.1 Å². The van der Waals surface area contributed by atoms with Crippen LogP contribution in [0.1, 0.15) is 5.56 Å². The molecule has 0 saturated carbocycles. The summed E-state index contributed by atoms with van der Waals surface area (Å²) in [5.74, 6) is 0. The van der Waals surface area contributed by atoms with Gasteiger partial charge in [-0.05, 0) is 12.1 Å². The van der Waals surface area contributed by atoms with Crippen molar-refractivity contribution in [3.05, 3.63) is 52.3 Å². The molecule has 62 valence electrons. The second kappa shape index (κ2) is 3.61. The molecule has 12 heavy (non-hydrogen) atoms. The van der Waals surface area contributed by atoms with Gasteiger partial charge in [0.25, 0.3) is 0 Å². The second-order valence-electron chi connectivity index (χ2n) is 2.12. The molecular weight excluding hydrogens is 161 g/mol. The van der Waals surface area contributed by atoms with Crippen LogP contribution in [0.4, 0.5) is 4.39 Å². The van der Waals surface area contributed by atoms with Gasteiger partial charge in [-0.1, -0.05) is 18.2 Å². The fourth-order valence-corrected chi connectivity index (χ4v) is 0.817. The third-order valence-electron chi connectivity index (χ3n) is 1.37. The van der Waals surface area contributed by atoms with E-state index in [1.165, 1.54) is 12.1 Å². The summed E-state index contributed by atoms with van der Waals surface area (Å²) in [6.45, 7) is 0. The highest BCUT2D eigenvalue weighted by molar-refractivity contribution is 5.56. The fourth-order valence-electron chi connectivity index (χ4n) is 0.817. The largest absolute Gasteiger partial charge is 0.304 e. The minimum Gasteiger partial charge on any atom is -0.258 e. The molecule has 0 radical (unpaired) electrons. The van der Waals surface area contributed by atoms with Gasteiger partial charge in [0.05, 0.1) is 10.5 Å². The molecule has 0 atom stereocenters. The molecule has 0 aromatic heterocycles. The van der Waals surface area contributed by atoms with E-state index in [1.807, 2.05) is 0 Å². The SMILES string of the molecule is O=[N+]([O-])C(=CF)c1ccccc1. The van der Waals surface area contributed by atoms with Gasteiger partial charge < -0.3 is 0 Å². The summed E-state index contributed by atoms with van der Waals surface area (Å²) < 4.78 is 12.0. The predicted molar refractivity (Wildman–Crippen MR) is 42.5 cm³/mol. The van der Waals surface area contributed by atoms with Crippen molar-refractivity contribution in [2.24, 2.45) is 0 Å². The lowest BCUT2D eigenvalue weighted by Gasteiger charge is -1.94. The molecule has 0 aliphatic carbocycles. The Bertz CT molecular complexity index is 308. The van der Waals surface area contributed by atoms with Crippen molar-refractivity contribution >= 4 is 5.70 Å². The van der Waals surface area contributed by atoms with Crippen molar-refractivity contribution in [3.63, 3.8) is 0 Å². The van der Waals surface area contributed by atoms with Crippen LogP contribution in [0, 0.1) is 10.1 Å². The molecule has 0 bridgehead atoms. The van der Waals surface area contributed by atoms with Crippen molar-refractivity contribution < 1.29 is 9.31 Å². The van der Waals surface area contributed by atoms with E-state index in [2.05, 4.69) is 0 Å². The van der Waals surface area contributed by atoms with Crippen molar-refractivity contribution in [1.29, 1.82) is 0 Å². The molecule has 0 N–H and O–H groups in total. The van der Waals surface area contributed by atoms with Gasteiger partial charge in [0.2, 0.25) is 0 Å². The van der Waals surface area contributed by atoms with E-state index in [1.54, 1.807) is 18.2 Å². The first-order valence-corrected chi connectivity index (χ1v) is 3.26. The first-order chi connectivity index (χ1) is 5.75. The minimum absolute atomic E-state index is 0.00463. The average molecular weight is 167 g/mol. The number of hydrogen-bond acceptors (Lipinski definition) is 2. The monoisotopic (exact) mass is 167 g/mol. The molecule has 4 heteroatoms. The molecule has 0 heterocycles. The van der Waals surface area contributed by atoms with Crippen LogP contribution in [-0.2, 0) is 0 Å². The molecule has 0 fully saturated rings. The summed E-state index contributed by atoms with van der Waals surface area (Å²) in [4.78, 5) is 9.47. The van der Waals surface area contributed by atoms with Crippen molar-refractivity contribution in [1.82, 2.24) is 0 Å². The highest BCUT2D eigenvalue weighted by atomic mass is 19.1. The molecule has 0 saturated heterocycles. The van der Waals surface area contributed by atoms with Crippen molar-refractivity contribution in [2.45, 2.75) is 0 Å². The van der Waals surface area contributed by atoms with Gasteiger partial charge in [-0.2, -0.15) is 0 Å². The molecule has 0 spiro atoms. The Morgan fingerprint density at radius 2 is 2.00 bits per heavy atom. The van der Waals surface area contributed by atoms with E-state index in [4.69, 9.17) is 0 Å². The number of benzene rings is 1. The van der Waals surface area contributed by atoms with Gasteiger partial charge in [-0.25, -0.2) is 4.39 Å². The lowest BCUT2D eigenvalue weighted by molar-refractivity contribution is -0.376. The summed E-state index contributed by atoms with van der Waals surface area (Å²) in [5.41, 5.74) is -0.249. The van der Waals surface area contributed by atoms with Crippen LogP contribution in [0.3, 0.4) is 0 Å². The Labute approximate surface area is 68.3 Å². The van der Waals surface area contributed by atoms with E-state index in [0.29, 0.717) is 0 Å². The van der Waals surface area contributed by atoms with E-state index < -0.39 is 10.6 Å². The van der Waals surface area contributed by atoms with Crippen LogP contribution < -0.4 is 0 Å². The third kappa shape index (κ3) is 1.66. The Hall–Kier alpha value is -1.71. The maximum atomic E-state index is 12.0. The molecule has 0 aliphatic heterocycles. The molecule has 1 rings (SSSR count). The van der Waals surface area contributed by atoms with Crippen LogP contribution in [0.5, 0.6) is 0 Å². The Morgan fingerprint density at radius 3 is 2.42 bits per heavy atom. The van der Waals surface area contributed by atoms with Crippen LogP contribution in [0.2, 0.25) is 0 Å². The normalized spacial score (nSPS) is 11.2. The van der Waals surface area contributed by atoms with E-state index >= 15 is 0 Å². The molecule has 0 amide bonds. The van der Waals surface area contributed by atoms with E-state index in [0.717, 1.165) is 0 Å². The van der Waals surface area contributed by atoms with Crippen LogP contribution in [0.25, 0.3) is 5.70 Å². The Balaban J connectivity index is 3.05.